The molecule has 1 aromatic heterocycles. The van der Waals surface area contributed by atoms with Gasteiger partial charge in [-0.25, -0.2) is 4.39 Å². The second-order valence-corrected chi connectivity index (χ2v) is 5.38. The summed E-state index contributed by atoms with van der Waals surface area (Å²) in [6.45, 7) is 3.35. The number of aromatic nitrogens is 2. The van der Waals surface area contributed by atoms with E-state index in [2.05, 4.69) is 15.7 Å². The Morgan fingerprint density at radius 3 is 2.71 bits per heavy atom. The molecule has 21 heavy (non-hydrogen) atoms. The van der Waals surface area contributed by atoms with Crippen LogP contribution in [0.1, 0.15) is 12.1 Å². The zero-order chi connectivity index (χ0) is 15.2. The third-order valence-corrected chi connectivity index (χ3v) is 3.46. The van der Waals surface area contributed by atoms with Crippen molar-refractivity contribution in [3.05, 3.63) is 47.0 Å². The Morgan fingerprint density at radius 1 is 1.38 bits per heavy atom. The summed E-state index contributed by atoms with van der Waals surface area (Å²) in [6, 6.07) is 6.04. The van der Waals surface area contributed by atoms with Crippen molar-refractivity contribution < 1.29 is 4.39 Å². The lowest BCUT2D eigenvalue weighted by Crippen LogP contribution is -2.29. The van der Waals surface area contributed by atoms with E-state index in [0.717, 1.165) is 24.3 Å². The Kier molecular flexibility index (Phi) is 5.52. The maximum atomic E-state index is 12.8. The van der Waals surface area contributed by atoms with Crippen molar-refractivity contribution in [1.82, 2.24) is 15.1 Å². The van der Waals surface area contributed by atoms with Crippen LogP contribution in [0.3, 0.4) is 0 Å². The van der Waals surface area contributed by atoms with E-state index in [9.17, 15) is 4.39 Å². The molecule has 0 aliphatic heterocycles. The molecule has 2 N–H and O–H groups in total. The van der Waals surface area contributed by atoms with Crippen LogP contribution in [0.4, 0.5) is 10.1 Å². The van der Waals surface area contributed by atoms with Gasteiger partial charge >= 0.3 is 0 Å². The molecule has 0 atom stereocenters. The van der Waals surface area contributed by atoms with E-state index in [1.54, 1.807) is 12.1 Å². The third-order valence-electron chi connectivity index (χ3n) is 2.84. The van der Waals surface area contributed by atoms with Crippen LogP contribution in [0.5, 0.6) is 0 Å². The quantitative estimate of drug-likeness (QED) is 0.653. The van der Waals surface area contributed by atoms with Crippen molar-refractivity contribution >= 4 is 34.6 Å². The molecule has 0 spiro atoms. The summed E-state index contributed by atoms with van der Waals surface area (Å²) in [5.41, 5.74) is 1.58. The summed E-state index contributed by atoms with van der Waals surface area (Å²) in [6.07, 6.45) is 2.68. The summed E-state index contributed by atoms with van der Waals surface area (Å²) in [7, 11) is 0. The number of nitrogens with zero attached hydrogens (tertiary/aromatic N) is 2. The summed E-state index contributed by atoms with van der Waals surface area (Å²) in [5.74, 6) is -0.271. The van der Waals surface area contributed by atoms with Crippen molar-refractivity contribution in [1.29, 1.82) is 0 Å². The van der Waals surface area contributed by atoms with E-state index in [-0.39, 0.29) is 5.82 Å². The molecule has 2 aromatic rings. The van der Waals surface area contributed by atoms with Gasteiger partial charge in [0, 0.05) is 25.0 Å². The van der Waals surface area contributed by atoms with Crippen LogP contribution >= 0.6 is 23.8 Å². The fourth-order valence-electron chi connectivity index (χ4n) is 1.76. The van der Waals surface area contributed by atoms with E-state index >= 15 is 0 Å². The third kappa shape index (κ3) is 4.99. The first-order valence-corrected chi connectivity index (χ1v) is 7.33. The number of nitrogens with one attached hydrogen (secondary N) is 2. The molecule has 0 aliphatic carbocycles. The van der Waals surface area contributed by atoms with E-state index in [4.69, 9.17) is 23.8 Å². The van der Waals surface area contributed by atoms with Crippen LogP contribution in [-0.2, 0) is 6.54 Å². The van der Waals surface area contributed by atoms with Crippen molar-refractivity contribution in [2.75, 3.05) is 11.9 Å². The lowest BCUT2D eigenvalue weighted by molar-refractivity contribution is 0.570. The molecular weight excluding hydrogens is 311 g/mol. The molecule has 0 saturated carbocycles. The Bertz CT molecular complexity index is 592. The van der Waals surface area contributed by atoms with Gasteiger partial charge in [-0.2, -0.15) is 5.10 Å². The second kappa shape index (κ2) is 7.38. The maximum absolute atomic E-state index is 12.8. The smallest absolute Gasteiger partial charge is 0.170 e. The van der Waals surface area contributed by atoms with Gasteiger partial charge in [-0.15, -0.1) is 0 Å². The largest absolute Gasteiger partial charge is 0.362 e. The molecule has 0 radical (unpaired) electrons. The highest BCUT2D eigenvalue weighted by atomic mass is 35.5. The van der Waals surface area contributed by atoms with Crippen LogP contribution in [0.2, 0.25) is 5.02 Å². The number of rotatable bonds is 5. The number of halogens is 2. The molecule has 1 heterocycles. The molecule has 0 saturated heterocycles. The van der Waals surface area contributed by atoms with Crippen LogP contribution in [0, 0.1) is 12.7 Å². The molecule has 0 fully saturated rings. The standard InChI is InChI=1S/C14H16ClFN4S/c1-10-13(15)9-20(19-10)8-2-7-17-14(21)18-12-5-3-11(16)4-6-12/h3-6,9H,2,7-8H2,1H3,(H2,17,18,21). The molecule has 7 heteroatoms. The van der Waals surface area contributed by atoms with Crippen molar-refractivity contribution in [2.24, 2.45) is 0 Å². The molecule has 0 aliphatic rings. The van der Waals surface area contributed by atoms with Gasteiger partial charge in [-0.3, -0.25) is 4.68 Å². The van der Waals surface area contributed by atoms with Crippen molar-refractivity contribution in [3.63, 3.8) is 0 Å². The van der Waals surface area contributed by atoms with Crippen LogP contribution in [0.25, 0.3) is 0 Å². The maximum Gasteiger partial charge on any atom is 0.170 e. The molecular formula is C14H16ClFN4S. The van der Waals surface area contributed by atoms with Gasteiger partial charge in [0.2, 0.25) is 0 Å². The predicted octanol–water partition coefficient (Wildman–Crippen LogP) is 3.36. The number of benzene rings is 1. The minimum absolute atomic E-state index is 0.271. The van der Waals surface area contributed by atoms with Crippen LogP contribution < -0.4 is 10.6 Å². The average molecular weight is 327 g/mol. The van der Waals surface area contributed by atoms with Gasteiger partial charge in [0.05, 0.1) is 10.7 Å². The van der Waals surface area contributed by atoms with Gasteiger partial charge in [-0.1, -0.05) is 11.6 Å². The molecule has 1 aromatic carbocycles. The monoisotopic (exact) mass is 326 g/mol. The number of aryl methyl sites for hydroxylation is 2. The number of hydrogen-bond acceptors (Lipinski definition) is 2. The zero-order valence-corrected chi connectivity index (χ0v) is 13.1. The second-order valence-electron chi connectivity index (χ2n) is 4.57. The van der Waals surface area contributed by atoms with E-state index < -0.39 is 0 Å². The van der Waals surface area contributed by atoms with Gasteiger partial charge < -0.3 is 10.6 Å². The normalized spacial score (nSPS) is 10.4. The Labute approximate surface area is 133 Å². The zero-order valence-electron chi connectivity index (χ0n) is 11.6. The van der Waals surface area contributed by atoms with E-state index in [0.29, 0.717) is 16.7 Å². The molecule has 0 bridgehead atoms. The average Bonchev–Trinajstić information content (AvgIpc) is 2.76. The molecule has 0 amide bonds. The lowest BCUT2D eigenvalue weighted by Gasteiger charge is -2.10. The predicted molar refractivity (Wildman–Crippen MR) is 87.2 cm³/mol. The molecule has 112 valence electrons. The SMILES string of the molecule is Cc1nn(CCCNC(=S)Nc2ccc(F)cc2)cc1Cl. The summed E-state index contributed by atoms with van der Waals surface area (Å²) < 4.78 is 14.6. The van der Waals surface area contributed by atoms with Gasteiger partial charge in [0.15, 0.2) is 5.11 Å². The number of anilines is 1. The summed E-state index contributed by atoms with van der Waals surface area (Å²) in [5, 5.41) is 11.5. The number of thiocarbonyl (C=S) groups is 1. The van der Waals surface area contributed by atoms with E-state index in [1.807, 2.05) is 17.8 Å². The fourth-order valence-corrected chi connectivity index (χ4v) is 2.13. The highest BCUT2D eigenvalue weighted by Crippen LogP contribution is 2.12. The molecule has 4 nitrogen and oxygen atoms in total. The Morgan fingerprint density at radius 2 is 2.10 bits per heavy atom. The highest BCUT2D eigenvalue weighted by Gasteiger charge is 2.02. The first-order chi connectivity index (χ1) is 10.0. The summed E-state index contributed by atoms with van der Waals surface area (Å²) in [4.78, 5) is 0. The van der Waals surface area contributed by atoms with Crippen molar-refractivity contribution in [3.8, 4) is 0 Å². The minimum Gasteiger partial charge on any atom is -0.362 e. The minimum atomic E-state index is -0.271. The van der Waals surface area contributed by atoms with E-state index in [1.165, 1.54) is 12.1 Å². The molecule has 2 rings (SSSR count). The molecule has 0 unspecified atom stereocenters. The fraction of sp³-hybridized carbons (Fsp3) is 0.286. The highest BCUT2D eigenvalue weighted by molar-refractivity contribution is 7.80. The summed E-state index contributed by atoms with van der Waals surface area (Å²) >= 11 is 11.1. The Hall–Kier alpha value is -1.66. The number of hydrogen-bond donors (Lipinski definition) is 2. The van der Waals surface area contributed by atoms with Crippen molar-refractivity contribution in [2.45, 2.75) is 19.9 Å². The van der Waals surface area contributed by atoms with Gasteiger partial charge in [-0.05, 0) is 49.8 Å². The first kappa shape index (κ1) is 15.7. The lowest BCUT2D eigenvalue weighted by atomic mass is 10.3. The van der Waals surface area contributed by atoms with Crippen LogP contribution in [-0.4, -0.2) is 21.4 Å². The Balaban J connectivity index is 1.68. The van der Waals surface area contributed by atoms with Gasteiger partial charge in [0.1, 0.15) is 5.82 Å². The van der Waals surface area contributed by atoms with Crippen LogP contribution in [0.15, 0.2) is 30.5 Å². The van der Waals surface area contributed by atoms with Gasteiger partial charge in [0.25, 0.3) is 0 Å². The first-order valence-electron chi connectivity index (χ1n) is 6.54. The topological polar surface area (TPSA) is 41.9 Å².